The van der Waals surface area contributed by atoms with Crippen LogP contribution in [0.4, 0.5) is 0 Å². The lowest BCUT2D eigenvalue weighted by Crippen LogP contribution is -2.15. The van der Waals surface area contributed by atoms with Crippen molar-refractivity contribution in [2.45, 2.75) is 25.7 Å². The Morgan fingerprint density at radius 2 is 1.73 bits per heavy atom. The molecule has 3 nitrogen and oxygen atoms in total. The molecule has 2 aromatic rings. The first-order chi connectivity index (χ1) is 10.7. The Morgan fingerprint density at radius 1 is 1.00 bits per heavy atom. The third kappa shape index (κ3) is 3.80. The molecule has 2 N–H and O–H groups in total. The first kappa shape index (κ1) is 16.4. The van der Waals surface area contributed by atoms with Crippen LogP contribution in [0.15, 0.2) is 42.5 Å². The minimum Gasteiger partial charge on any atom is -0.497 e. The molecule has 0 fully saturated rings. The standard InChI is InChI=1S/C19H25NO2/c1-4-15-11-14(5-10-19(15)22-3)12-17(13-20)16-6-8-18(21-2)9-7-16/h5-11,17H,4,12-13,20H2,1-3H3. The van der Waals surface area contributed by atoms with Crippen molar-refractivity contribution in [1.82, 2.24) is 0 Å². The molecule has 22 heavy (non-hydrogen) atoms. The van der Waals surface area contributed by atoms with Crippen molar-refractivity contribution in [3.63, 3.8) is 0 Å². The number of nitrogens with two attached hydrogens (primary N) is 1. The van der Waals surface area contributed by atoms with Gasteiger partial charge >= 0.3 is 0 Å². The highest BCUT2D eigenvalue weighted by molar-refractivity contribution is 5.38. The van der Waals surface area contributed by atoms with Crippen LogP contribution in [-0.2, 0) is 12.8 Å². The third-order valence-electron chi connectivity index (χ3n) is 4.08. The molecule has 1 unspecified atom stereocenters. The van der Waals surface area contributed by atoms with E-state index in [0.29, 0.717) is 12.5 Å². The average molecular weight is 299 g/mol. The van der Waals surface area contributed by atoms with E-state index in [1.807, 2.05) is 12.1 Å². The van der Waals surface area contributed by atoms with E-state index in [2.05, 4.69) is 37.3 Å². The minimum absolute atomic E-state index is 0.309. The summed E-state index contributed by atoms with van der Waals surface area (Å²) in [5.74, 6) is 2.14. The van der Waals surface area contributed by atoms with Crippen LogP contribution in [0.25, 0.3) is 0 Å². The Labute approximate surface area is 133 Å². The molecule has 0 aliphatic heterocycles. The smallest absolute Gasteiger partial charge is 0.122 e. The molecule has 0 bridgehead atoms. The van der Waals surface area contributed by atoms with E-state index in [1.54, 1.807) is 14.2 Å². The normalized spacial score (nSPS) is 12.0. The number of methoxy groups -OCH3 is 2. The molecule has 2 rings (SSSR count). The maximum atomic E-state index is 5.99. The van der Waals surface area contributed by atoms with Gasteiger partial charge in [-0.05, 0) is 54.3 Å². The second kappa shape index (κ2) is 7.85. The van der Waals surface area contributed by atoms with E-state index in [4.69, 9.17) is 15.2 Å². The fourth-order valence-electron chi connectivity index (χ4n) is 2.73. The molecule has 0 aliphatic carbocycles. The van der Waals surface area contributed by atoms with Crippen molar-refractivity contribution >= 4 is 0 Å². The number of hydrogen-bond donors (Lipinski definition) is 1. The first-order valence-electron chi connectivity index (χ1n) is 7.71. The van der Waals surface area contributed by atoms with Crippen molar-refractivity contribution < 1.29 is 9.47 Å². The molecular formula is C19H25NO2. The van der Waals surface area contributed by atoms with Gasteiger partial charge in [0, 0.05) is 5.92 Å². The van der Waals surface area contributed by atoms with Crippen LogP contribution in [-0.4, -0.2) is 20.8 Å². The zero-order valence-corrected chi connectivity index (χ0v) is 13.6. The van der Waals surface area contributed by atoms with Crippen LogP contribution in [0.1, 0.15) is 29.5 Å². The van der Waals surface area contributed by atoms with Gasteiger partial charge in [0.1, 0.15) is 11.5 Å². The molecule has 2 aromatic carbocycles. The summed E-state index contributed by atoms with van der Waals surface area (Å²) in [5, 5.41) is 0. The molecule has 0 heterocycles. The largest absolute Gasteiger partial charge is 0.497 e. The molecular weight excluding hydrogens is 274 g/mol. The predicted octanol–water partition coefficient (Wildman–Crippen LogP) is 3.55. The molecule has 0 spiro atoms. The summed E-state index contributed by atoms with van der Waals surface area (Å²) in [7, 11) is 3.40. The molecule has 118 valence electrons. The SMILES string of the molecule is CCc1cc(CC(CN)c2ccc(OC)cc2)ccc1OC. The Balaban J connectivity index is 2.18. The van der Waals surface area contributed by atoms with Gasteiger partial charge in [0.25, 0.3) is 0 Å². The fourth-order valence-corrected chi connectivity index (χ4v) is 2.73. The Kier molecular flexibility index (Phi) is 5.84. The van der Waals surface area contributed by atoms with Crippen molar-refractivity contribution in [2.24, 2.45) is 5.73 Å². The van der Waals surface area contributed by atoms with Gasteiger partial charge in [-0.15, -0.1) is 0 Å². The zero-order chi connectivity index (χ0) is 15.9. The van der Waals surface area contributed by atoms with E-state index >= 15 is 0 Å². The molecule has 0 amide bonds. The minimum atomic E-state index is 0.309. The van der Waals surface area contributed by atoms with E-state index in [9.17, 15) is 0 Å². The Morgan fingerprint density at radius 3 is 2.27 bits per heavy atom. The summed E-state index contributed by atoms with van der Waals surface area (Å²) >= 11 is 0. The molecule has 0 radical (unpaired) electrons. The van der Waals surface area contributed by atoms with Crippen molar-refractivity contribution in [3.8, 4) is 11.5 Å². The number of ether oxygens (including phenoxy) is 2. The molecule has 0 saturated carbocycles. The number of aryl methyl sites for hydroxylation is 1. The third-order valence-corrected chi connectivity index (χ3v) is 4.08. The van der Waals surface area contributed by atoms with Gasteiger partial charge in [0.15, 0.2) is 0 Å². The summed E-state index contributed by atoms with van der Waals surface area (Å²) in [4.78, 5) is 0. The van der Waals surface area contributed by atoms with Gasteiger partial charge in [0.05, 0.1) is 14.2 Å². The molecule has 3 heteroatoms. The summed E-state index contributed by atoms with van der Waals surface area (Å²) in [5.41, 5.74) is 9.78. The fraction of sp³-hybridized carbons (Fsp3) is 0.368. The van der Waals surface area contributed by atoms with Gasteiger partial charge in [-0.25, -0.2) is 0 Å². The Bertz CT molecular complexity index is 593. The van der Waals surface area contributed by atoms with Gasteiger partial charge in [-0.1, -0.05) is 31.2 Å². The highest BCUT2D eigenvalue weighted by Crippen LogP contribution is 2.26. The average Bonchev–Trinajstić information content (AvgIpc) is 2.59. The number of hydrogen-bond acceptors (Lipinski definition) is 3. The van der Waals surface area contributed by atoms with E-state index in [1.165, 1.54) is 16.7 Å². The van der Waals surface area contributed by atoms with Crippen LogP contribution in [0.3, 0.4) is 0 Å². The van der Waals surface area contributed by atoms with E-state index in [-0.39, 0.29) is 0 Å². The number of benzene rings is 2. The molecule has 0 aliphatic rings. The van der Waals surface area contributed by atoms with Gasteiger partial charge in [0.2, 0.25) is 0 Å². The van der Waals surface area contributed by atoms with E-state index in [0.717, 1.165) is 24.3 Å². The lowest BCUT2D eigenvalue weighted by molar-refractivity contribution is 0.410. The van der Waals surface area contributed by atoms with Crippen LogP contribution >= 0.6 is 0 Å². The second-order valence-electron chi connectivity index (χ2n) is 5.41. The highest BCUT2D eigenvalue weighted by atomic mass is 16.5. The van der Waals surface area contributed by atoms with Crippen LogP contribution < -0.4 is 15.2 Å². The topological polar surface area (TPSA) is 44.5 Å². The molecule has 0 saturated heterocycles. The lowest BCUT2D eigenvalue weighted by atomic mass is 9.91. The van der Waals surface area contributed by atoms with Crippen LogP contribution in [0.5, 0.6) is 11.5 Å². The summed E-state index contributed by atoms with van der Waals surface area (Å²) in [6, 6.07) is 14.6. The quantitative estimate of drug-likeness (QED) is 0.850. The van der Waals surface area contributed by atoms with Gasteiger partial charge in [-0.3, -0.25) is 0 Å². The first-order valence-corrected chi connectivity index (χ1v) is 7.71. The van der Waals surface area contributed by atoms with Crippen molar-refractivity contribution in [1.29, 1.82) is 0 Å². The zero-order valence-electron chi connectivity index (χ0n) is 13.6. The Hall–Kier alpha value is -2.00. The maximum Gasteiger partial charge on any atom is 0.122 e. The summed E-state index contributed by atoms with van der Waals surface area (Å²) in [6.45, 7) is 2.77. The summed E-state index contributed by atoms with van der Waals surface area (Å²) in [6.07, 6.45) is 1.90. The predicted molar refractivity (Wildman–Crippen MR) is 90.9 cm³/mol. The molecule has 0 aromatic heterocycles. The van der Waals surface area contributed by atoms with Crippen molar-refractivity contribution in [2.75, 3.05) is 20.8 Å². The number of rotatable bonds is 7. The molecule has 1 atom stereocenters. The van der Waals surface area contributed by atoms with Gasteiger partial charge in [-0.2, -0.15) is 0 Å². The van der Waals surface area contributed by atoms with Crippen molar-refractivity contribution in [3.05, 3.63) is 59.2 Å². The lowest BCUT2D eigenvalue weighted by Gasteiger charge is -2.17. The maximum absolute atomic E-state index is 5.99. The van der Waals surface area contributed by atoms with Crippen LogP contribution in [0.2, 0.25) is 0 Å². The van der Waals surface area contributed by atoms with Gasteiger partial charge < -0.3 is 15.2 Å². The monoisotopic (exact) mass is 299 g/mol. The summed E-state index contributed by atoms with van der Waals surface area (Å²) < 4.78 is 10.6. The van der Waals surface area contributed by atoms with Crippen LogP contribution in [0, 0.1) is 0 Å². The second-order valence-corrected chi connectivity index (χ2v) is 5.41. The highest BCUT2D eigenvalue weighted by Gasteiger charge is 2.12. The van der Waals surface area contributed by atoms with E-state index < -0.39 is 0 Å².